The molecule has 1 saturated carbocycles. The van der Waals surface area contributed by atoms with Gasteiger partial charge in [0.1, 0.15) is 5.82 Å². The molecule has 12 heavy (non-hydrogen) atoms. The van der Waals surface area contributed by atoms with Crippen molar-refractivity contribution in [2.24, 2.45) is 7.05 Å². The van der Waals surface area contributed by atoms with Gasteiger partial charge in [0.2, 0.25) is 5.92 Å². The van der Waals surface area contributed by atoms with Crippen LogP contribution in [0.5, 0.6) is 0 Å². The summed E-state index contributed by atoms with van der Waals surface area (Å²) in [6.45, 7) is 0. The third-order valence-corrected chi connectivity index (χ3v) is 2.31. The molecule has 0 aliphatic heterocycles. The Morgan fingerprint density at radius 3 is 2.67 bits per heavy atom. The van der Waals surface area contributed by atoms with Crippen molar-refractivity contribution in [3.05, 3.63) is 18.2 Å². The Morgan fingerprint density at radius 2 is 2.25 bits per heavy atom. The molecule has 4 heteroatoms. The number of halogens is 2. The van der Waals surface area contributed by atoms with Gasteiger partial charge >= 0.3 is 0 Å². The summed E-state index contributed by atoms with van der Waals surface area (Å²) in [6.07, 6.45) is 3.34. The first kappa shape index (κ1) is 7.71. The molecule has 2 nitrogen and oxygen atoms in total. The number of hydrogen-bond acceptors (Lipinski definition) is 1. The van der Waals surface area contributed by atoms with E-state index in [0.717, 1.165) is 5.82 Å². The van der Waals surface area contributed by atoms with E-state index < -0.39 is 5.92 Å². The fourth-order valence-corrected chi connectivity index (χ4v) is 1.61. The van der Waals surface area contributed by atoms with Crippen molar-refractivity contribution in [2.75, 3.05) is 0 Å². The van der Waals surface area contributed by atoms with Gasteiger partial charge in [-0.25, -0.2) is 13.8 Å². The lowest BCUT2D eigenvalue weighted by atomic mass is 9.81. The molecule has 0 saturated heterocycles. The first-order valence-corrected chi connectivity index (χ1v) is 3.93. The maximum Gasteiger partial charge on any atom is 0.249 e. The van der Waals surface area contributed by atoms with E-state index in [9.17, 15) is 8.78 Å². The van der Waals surface area contributed by atoms with E-state index in [-0.39, 0.29) is 18.8 Å². The van der Waals surface area contributed by atoms with E-state index >= 15 is 0 Å². The second kappa shape index (κ2) is 2.28. The molecular weight excluding hydrogens is 162 g/mol. The van der Waals surface area contributed by atoms with Crippen LogP contribution < -0.4 is 0 Å². The van der Waals surface area contributed by atoms with Crippen molar-refractivity contribution >= 4 is 0 Å². The maximum atomic E-state index is 12.5. The molecule has 66 valence electrons. The van der Waals surface area contributed by atoms with E-state index in [1.807, 2.05) is 7.05 Å². The second-order valence-corrected chi connectivity index (χ2v) is 3.36. The summed E-state index contributed by atoms with van der Waals surface area (Å²) in [5, 5.41) is 0. The summed E-state index contributed by atoms with van der Waals surface area (Å²) in [5.74, 6) is -1.71. The third-order valence-electron chi connectivity index (χ3n) is 2.31. The summed E-state index contributed by atoms with van der Waals surface area (Å²) >= 11 is 0. The Kier molecular flexibility index (Phi) is 1.46. The van der Waals surface area contributed by atoms with Crippen LogP contribution in [0.3, 0.4) is 0 Å². The fourth-order valence-electron chi connectivity index (χ4n) is 1.61. The van der Waals surface area contributed by atoms with E-state index in [1.165, 1.54) is 0 Å². The van der Waals surface area contributed by atoms with Crippen LogP contribution >= 0.6 is 0 Å². The molecule has 2 rings (SSSR count). The van der Waals surface area contributed by atoms with Crippen LogP contribution in [0.2, 0.25) is 0 Å². The highest BCUT2D eigenvalue weighted by atomic mass is 19.3. The largest absolute Gasteiger partial charge is 0.338 e. The molecule has 1 aliphatic carbocycles. The monoisotopic (exact) mass is 172 g/mol. The summed E-state index contributed by atoms with van der Waals surface area (Å²) in [7, 11) is 1.83. The minimum absolute atomic E-state index is 0.0417. The van der Waals surface area contributed by atoms with Gasteiger partial charge in [-0.15, -0.1) is 0 Å². The van der Waals surface area contributed by atoms with E-state index in [1.54, 1.807) is 17.0 Å². The minimum Gasteiger partial charge on any atom is -0.338 e. The van der Waals surface area contributed by atoms with Gasteiger partial charge < -0.3 is 4.57 Å². The summed E-state index contributed by atoms with van der Waals surface area (Å²) < 4.78 is 26.8. The molecule has 1 heterocycles. The molecule has 0 amide bonds. The number of imidazole rings is 1. The predicted molar refractivity (Wildman–Crippen MR) is 40.1 cm³/mol. The Hall–Kier alpha value is -0.930. The Labute approximate surface area is 69.2 Å². The van der Waals surface area contributed by atoms with Crippen LogP contribution in [0.1, 0.15) is 24.6 Å². The summed E-state index contributed by atoms with van der Waals surface area (Å²) in [6, 6.07) is 0. The Morgan fingerprint density at radius 1 is 1.58 bits per heavy atom. The average molecular weight is 172 g/mol. The van der Waals surface area contributed by atoms with Crippen molar-refractivity contribution in [2.45, 2.75) is 24.7 Å². The molecule has 0 spiro atoms. The van der Waals surface area contributed by atoms with Crippen LogP contribution in [-0.2, 0) is 7.05 Å². The van der Waals surface area contributed by atoms with Gasteiger partial charge in [0.05, 0.1) is 0 Å². The quantitative estimate of drug-likeness (QED) is 0.633. The average Bonchev–Trinajstić information content (AvgIpc) is 2.30. The minimum atomic E-state index is -2.45. The highest BCUT2D eigenvalue weighted by Gasteiger charge is 2.47. The number of aromatic nitrogens is 2. The van der Waals surface area contributed by atoms with Crippen molar-refractivity contribution in [3.63, 3.8) is 0 Å². The van der Waals surface area contributed by atoms with Gasteiger partial charge in [-0.05, 0) is 0 Å². The van der Waals surface area contributed by atoms with Gasteiger partial charge in [0, 0.05) is 38.2 Å². The first-order valence-electron chi connectivity index (χ1n) is 3.93. The molecule has 0 atom stereocenters. The molecule has 1 aromatic heterocycles. The van der Waals surface area contributed by atoms with Gasteiger partial charge in [0.25, 0.3) is 0 Å². The van der Waals surface area contributed by atoms with Crippen LogP contribution in [0.25, 0.3) is 0 Å². The standard InChI is InChI=1S/C8H10F2N2/c1-12-3-2-11-7(12)6-4-8(9,10)5-6/h2-3,6H,4-5H2,1H3. The van der Waals surface area contributed by atoms with Gasteiger partial charge in [-0.3, -0.25) is 0 Å². The zero-order valence-electron chi connectivity index (χ0n) is 6.80. The van der Waals surface area contributed by atoms with Crippen LogP contribution in [-0.4, -0.2) is 15.5 Å². The van der Waals surface area contributed by atoms with Crippen molar-refractivity contribution in [1.82, 2.24) is 9.55 Å². The molecular formula is C8H10F2N2. The van der Waals surface area contributed by atoms with Crippen LogP contribution in [0.15, 0.2) is 12.4 Å². The van der Waals surface area contributed by atoms with E-state index in [0.29, 0.717) is 0 Å². The number of rotatable bonds is 1. The number of alkyl halides is 2. The van der Waals surface area contributed by atoms with Gasteiger partial charge in [-0.2, -0.15) is 0 Å². The van der Waals surface area contributed by atoms with Gasteiger partial charge in [0.15, 0.2) is 0 Å². The lowest BCUT2D eigenvalue weighted by molar-refractivity contribution is -0.0889. The molecule has 0 aromatic carbocycles. The summed E-state index contributed by atoms with van der Waals surface area (Å²) in [5.41, 5.74) is 0. The van der Waals surface area contributed by atoms with Crippen molar-refractivity contribution in [3.8, 4) is 0 Å². The number of nitrogens with zero attached hydrogens (tertiary/aromatic N) is 2. The molecule has 0 unspecified atom stereocenters. The molecule has 0 N–H and O–H groups in total. The summed E-state index contributed by atoms with van der Waals surface area (Å²) in [4.78, 5) is 4.03. The lowest BCUT2D eigenvalue weighted by Crippen LogP contribution is -2.34. The fraction of sp³-hybridized carbons (Fsp3) is 0.625. The highest BCUT2D eigenvalue weighted by Crippen LogP contribution is 2.47. The normalized spacial score (nSPS) is 22.2. The molecule has 1 aromatic rings. The third kappa shape index (κ3) is 1.11. The van der Waals surface area contributed by atoms with Crippen LogP contribution in [0.4, 0.5) is 8.78 Å². The number of hydrogen-bond donors (Lipinski definition) is 0. The topological polar surface area (TPSA) is 17.8 Å². The smallest absolute Gasteiger partial charge is 0.249 e. The second-order valence-electron chi connectivity index (χ2n) is 3.36. The van der Waals surface area contributed by atoms with Crippen LogP contribution in [0, 0.1) is 0 Å². The Balaban J connectivity index is 2.11. The first-order chi connectivity index (χ1) is 5.58. The number of aryl methyl sites for hydroxylation is 1. The highest BCUT2D eigenvalue weighted by molar-refractivity contribution is 5.08. The van der Waals surface area contributed by atoms with Gasteiger partial charge in [-0.1, -0.05) is 0 Å². The molecule has 1 aliphatic rings. The Bertz CT molecular complexity index is 285. The molecule has 0 bridgehead atoms. The molecule has 0 radical (unpaired) electrons. The predicted octanol–water partition coefficient (Wildman–Crippen LogP) is 1.93. The SMILES string of the molecule is Cn1ccnc1C1CC(F)(F)C1. The zero-order valence-corrected chi connectivity index (χ0v) is 6.80. The molecule has 1 fully saturated rings. The van der Waals surface area contributed by atoms with Crippen molar-refractivity contribution < 1.29 is 8.78 Å². The van der Waals surface area contributed by atoms with E-state index in [4.69, 9.17) is 0 Å². The maximum absolute atomic E-state index is 12.5. The zero-order chi connectivity index (χ0) is 8.77. The lowest BCUT2D eigenvalue weighted by Gasteiger charge is -2.34. The van der Waals surface area contributed by atoms with E-state index in [2.05, 4.69) is 4.98 Å². The van der Waals surface area contributed by atoms with Crippen molar-refractivity contribution in [1.29, 1.82) is 0 Å².